The van der Waals surface area contributed by atoms with Crippen LogP contribution in [0.5, 0.6) is 0 Å². The van der Waals surface area contributed by atoms with Crippen LogP contribution in [0.3, 0.4) is 0 Å². The van der Waals surface area contributed by atoms with Gasteiger partial charge in [0.05, 0.1) is 17.1 Å². The second kappa shape index (κ2) is 8.25. The first-order chi connectivity index (χ1) is 14.0. The standard InChI is InChI=1S/C23H23F2N3O/c1-15-12-19(17-9-8-16(24)13-21(17)27-15)23(29)26-14-22(28-10-4-5-11-28)18-6-2-3-7-20(18)25/h2-3,6-9,12-13,22H,4-5,10-11,14H2,1H3,(H,26,29). The van der Waals surface area contributed by atoms with E-state index in [1.165, 1.54) is 18.2 Å². The molecule has 0 bridgehead atoms. The number of benzene rings is 2. The number of hydrogen-bond donors (Lipinski definition) is 1. The van der Waals surface area contributed by atoms with Gasteiger partial charge in [0.1, 0.15) is 11.6 Å². The van der Waals surface area contributed by atoms with Crippen molar-refractivity contribution in [3.05, 3.63) is 77.0 Å². The number of amides is 1. The van der Waals surface area contributed by atoms with Gasteiger partial charge in [-0.2, -0.15) is 0 Å². The zero-order valence-electron chi connectivity index (χ0n) is 16.3. The summed E-state index contributed by atoms with van der Waals surface area (Å²) in [7, 11) is 0. The third-order valence-corrected chi connectivity index (χ3v) is 5.45. The molecule has 6 heteroatoms. The smallest absolute Gasteiger partial charge is 0.252 e. The summed E-state index contributed by atoms with van der Waals surface area (Å²) in [6.45, 7) is 3.83. The van der Waals surface area contributed by atoms with Crippen molar-refractivity contribution in [3.63, 3.8) is 0 Å². The first-order valence-corrected chi connectivity index (χ1v) is 9.86. The van der Waals surface area contributed by atoms with Crippen molar-refractivity contribution in [2.24, 2.45) is 0 Å². The zero-order valence-corrected chi connectivity index (χ0v) is 16.3. The minimum Gasteiger partial charge on any atom is -0.350 e. The number of pyridine rings is 1. The quantitative estimate of drug-likeness (QED) is 0.697. The second-order valence-electron chi connectivity index (χ2n) is 7.46. The number of hydrogen-bond acceptors (Lipinski definition) is 3. The monoisotopic (exact) mass is 395 g/mol. The normalized spacial score (nSPS) is 15.6. The van der Waals surface area contributed by atoms with E-state index in [2.05, 4.69) is 15.2 Å². The lowest BCUT2D eigenvalue weighted by molar-refractivity contribution is 0.0938. The average Bonchev–Trinajstić information content (AvgIpc) is 3.23. The molecule has 1 amide bonds. The van der Waals surface area contributed by atoms with Gasteiger partial charge in [0.25, 0.3) is 5.91 Å². The van der Waals surface area contributed by atoms with E-state index >= 15 is 0 Å². The highest BCUT2D eigenvalue weighted by Crippen LogP contribution is 2.27. The SMILES string of the molecule is Cc1cc(C(=O)NCC(c2ccccc2F)N2CCCC2)c2ccc(F)cc2n1. The third kappa shape index (κ3) is 4.12. The van der Waals surface area contributed by atoms with Gasteiger partial charge in [-0.15, -0.1) is 0 Å². The van der Waals surface area contributed by atoms with Gasteiger partial charge in [-0.05, 0) is 57.1 Å². The van der Waals surface area contributed by atoms with Crippen LogP contribution < -0.4 is 5.32 Å². The predicted molar refractivity (Wildman–Crippen MR) is 109 cm³/mol. The number of carbonyl (C=O) groups is 1. The fourth-order valence-electron chi connectivity index (χ4n) is 4.04. The van der Waals surface area contributed by atoms with E-state index in [-0.39, 0.29) is 17.8 Å². The van der Waals surface area contributed by atoms with Crippen LogP contribution in [0.2, 0.25) is 0 Å². The average molecular weight is 395 g/mol. The fraction of sp³-hybridized carbons (Fsp3) is 0.304. The lowest BCUT2D eigenvalue weighted by Crippen LogP contribution is -2.37. The number of aromatic nitrogens is 1. The maximum absolute atomic E-state index is 14.5. The van der Waals surface area contributed by atoms with E-state index < -0.39 is 5.82 Å². The van der Waals surface area contributed by atoms with E-state index in [1.807, 2.05) is 6.07 Å². The highest BCUT2D eigenvalue weighted by Gasteiger charge is 2.26. The molecule has 3 aromatic rings. The zero-order chi connectivity index (χ0) is 20.4. The van der Waals surface area contributed by atoms with Gasteiger partial charge in [-0.25, -0.2) is 8.78 Å². The number of halogens is 2. The molecular formula is C23H23F2N3O. The Balaban J connectivity index is 1.60. The largest absolute Gasteiger partial charge is 0.350 e. The van der Waals surface area contributed by atoms with Crippen LogP contribution in [0, 0.1) is 18.6 Å². The fourth-order valence-corrected chi connectivity index (χ4v) is 4.04. The minimum absolute atomic E-state index is 0.228. The third-order valence-electron chi connectivity index (χ3n) is 5.45. The Morgan fingerprint density at radius 3 is 2.66 bits per heavy atom. The van der Waals surface area contributed by atoms with E-state index in [1.54, 1.807) is 31.2 Å². The summed E-state index contributed by atoms with van der Waals surface area (Å²) >= 11 is 0. The Labute approximate surface area is 168 Å². The van der Waals surface area contributed by atoms with Crippen molar-refractivity contribution in [2.75, 3.05) is 19.6 Å². The summed E-state index contributed by atoms with van der Waals surface area (Å²) in [6, 6.07) is 12.4. The molecule has 0 radical (unpaired) electrons. The van der Waals surface area contributed by atoms with Crippen LogP contribution >= 0.6 is 0 Å². The Morgan fingerprint density at radius 2 is 1.90 bits per heavy atom. The number of rotatable bonds is 5. The number of aryl methyl sites for hydroxylation is 1. The molecule has 150 valence electrons. The van der Waals surface area contributed by atoms with Crippen LogP contribution in [0.25, 0.3) is 10.9 Å². The molecule has 0 aliphatic carbocycles. The van der Waals surface area contributed by atoms with E-state index in [0.717, 1.165) is 25.9 Å². The van der Waals surface area contributed by atoms with Crippen LogP contribution in [0.1, 0.15) is 40.5 Å². The molecule has 1 aliphatic heterocycles. The van der Waals surface area contributed by atoms with Gasteiger partial charge >= 0.3 is 0 Å². The summed E-state index contributed by atoms with van der Waals surface area (Å²) in [4.78, 5) is 19.5. The van der Waals surface area contributed by atoms with Crippen LogP contribution in [-0.4, -0.2) is 35.4 Å². The highest BCUT2D eigenvalue weighted by atomic mass is 19.1. The number of fused-ring (bicyclic) bond motifs is 1. The predicted octanol–water partition coefficient (Wildman–Crippen LogP) is 4.39. The molecule has 2 heterocycles. The Morgan fingerprint density at radius 1 is 1.14 bits per heavy atom. The second-order valence-corrected chi connectivity index (χ2v) is 7.46. The Kier molecular flexibility index (Phi) is 5.53. The van der Waals surface area contributed by atoms with Gasteiger partial charge in [0.2, 0.25) is 0 Å². The Bertz CT molecular complexity index is 1040. The molecule has 1 aliphatic rings. The molecule has 1 unspecified atom stereocenters. The number of nitrogens with zero attached hydrogens (tertiary/aromatic N) is 2. The number of likely N-dealkylation sites (tertiary alicyclic amines) is 1. The van der Waals surface area contributed by atoms with Crippen LogP contribution in [-0.2, 0) is 0 Å². The molecule has 1 aromatic heterocycles. The molecule has 1 saturated heterocycles. The summed E-state index contributed by atoms with van der Waals surface area (Å²) in [5.74, 6) is -0.928. The summed E-state index contributed by atoms with van der Waals surface area (Å²) < 4.78 is 28.0. The molecule has 1 atom stereocenters. The Hall–Kier alpha value is -2.86. The maximum atomic E-state index is 14.5. The van der Waals surface area contributed by atoms with E-state index in [9.17, 15) is 13.6 Å². The molecule has 0 saturated carbocycles. The molecule has 0 spiro atoms. The maximum Gasteiger partial charge on any atom is 0.252 e. The van der Waals surface area contributed by atoms with Crippen molar-refractivity contribution >= 4 is 16.8 Å². The van der Waals surface area contributed by atoms with Crippen molar-refractivity contribution in [1.82, 2.24) is 15.2 Å². The van der Waals surface area contributed by atoms with E-state index in [4.69, 9.17) is 0 Å². The lowest BCUT2D eigenvalue weighted by atomic mass is 10.0. The van der Waals surface area contributed by atoms with Crippen molar-refractivity contribution < 1.29 is 13.6 Å². The highest BCUT2D eigenvalue weighted by molar-refractivity contribution is 6.06. The summed E-state index contributed by atoms with van der Waals surface area (Å²) in [5, 5.41) is 3.56. The van der Waals surface area contributed by atoms with E-state index in [0.29, 0.717) is 34.3 Å². The summed E-state index contributed by atoms with van der Waals surface area (Å²) in [5.41, 5.74) is 2.12. The van der Waals surface area contributed by atoms with Gasteiger partial charge in [-0.1, -0.05) is 18.2 Å². The van der Waals surface area contributed by atoms with Crippen molar-refractivity contribution in [1.29, 1.82) is 0 Å². The van der Waals surface area contributed by atoms with Crippen molar-refractivity contribution in [2.45, 2.75) is 25.8 Å². The molecule has 4 rings (SSSR count). The van der Waals surface area contributed by atoms with Crippen LogP contribution in [0.4, 0.5) is 8.78 Å². The van der Waals surface area contributed by atoms with Crippen LogP contribution in [0.15, 0.2) is 48.5 Å². The van der Waals surface area contributed by atoms with Gasteiger partial charge < -0.3 is 5.32 Å². The minimum atomic E-state index is -0.393. The van der Waals surface area contributed by atoms with Gasteiger partial charge in [0.15, 0.2) is 0 Å². The number of nitrogens with one attached hydrogen (secondary N) is 1. The molecule has 4 nitrogen and oxygen atoms in total. The summed E-state index contributed by atoms with van der Waals surface area (Å²) in [6.07, 6.45) is 2.14. The molecule has 1 N–H and O–H groups in total. The number of carbonyl (C=O) groups excluding carboxylic acids is 1. The molecular weight excluding hydrogens is 372 g/mol. The first kappa shape index (κ1) is 19.5. The molecule has 29 heavy (non-hydrogen) atoms. The van der Waals surface area contributed by atoms with Gasteiger partial charge in [-0.3, -0.25) is 14.7 Å². The lowest BCUT2D eigenvalue weighted by Gasteiger charge is -2.28. The van der Waals surface area contributed by atoms with Gasteiger partial charge in [0, 0.05) is 29.3 Å². The topological polar surface area (TPSA) is 45.2 Å². The molecule has 1 fully saturated rings. The first-order valence-electron chi connectivity index (χ1n) is 9.86. The van der Waals surface area contributed by atoms with Crippen molar-refractivity contribution in [3.8, 4) is 0 Å². The molecule has 2 aromatic carbocycles.